The van der Waals surface area contributed by atoms with Gasteiger partial charge < -0.3 is 10.2 Å². The van der Waals surface area contributed by atoms with Crippen molar-refractivity contribution < 1.29 is 9.59 Å². The number of nitrogens with one attached hydrogen (secondary N) is 1. The van der Waals surface area contributed by atoms with Crippen LogP contribution >= 0.6 is 15.9 Å². The van der Waals surface area contributed by atoms with Crippen LogP contribution in [0.3, 0.4) is 0 Å². The highest BCUT2D eigenvalue weighted by molar-refractivity contribution is 9.10. The Kier molecular flexibility index (Phi) is 10.1. The van der Waals surface area contributed by atoms with Gasteiger partial charge >= 0.3 is 0 Å². The molecule has 4 nitrogen and oxygen atoms in total. The lowest BCUT2D eigenvalue weighted by molar-refractivity contribution is -0.140. The monoisotopic (exact) mass is 472 g/mol. The number of carbonyl (C=O) groups is 2. The zero-order valence-corrected chi connectivity index (χ0v) is 19.9. The molecule has 2 amide bonds. The molecule has 0 aromatic heterocycles. The van der Waals surface area contributed by atoms with Crippen molar-refractivity contribution >= 4 is 27.7 Å². The number of unbranched alkanes of at least 4 members (excludes halogenated alkanes) is 1. The summed E-state index contributed by atoms with van der Waals surface area (Å²) in [6.07, 6.45) is 4.02. The summed E-state index contributed by atoms with van der Waals surface area (Å²) in [6, 6.07) is 15.8. The van der Waals surface area contributed by atoms with Gasteiger partial charge in [0.1, 0.15) is 6.04 Å². The van der Waals surface area contributed by atoms with Crippen LogP contribution in [0.4, 0.5) is 0 Å². The van der Waals surface area contributed by atoms with Crippen molar-refractivity contribution in [1.29, 1.82) is 0 Å². The lowest BCUT2D eigenvalue weighted by Crippen LogP contribution is -2.47. The number of aryl methyl sites for hydroxylation is 2. The normalized spacial score (nSPS) is 11.7. The van der Waals surface area contributed by atoms with Gasteiger partial charge in [-0.3, -0.25) is 9.59 Å². The van der Waals surface area contributed by atoms with Crippen LogP contribution in [0.15, 0.2) is 53.0 Å². The van der Waals surface area contributed by atoms with Gasteiger partial charge in [0, 0.05) is 24.0 Å². The molecule has 30 heavy (non-hydrogen) atoms. The molecule has 2 aromatic rings. The molecule has 2 aromatic carbocycles. The summed E-state index contributed by atoms with van der Waals surface area (Å²) in [5.41, 5.74) is 3.44. The van der Waals surface area contributed by atoms with Crippen LogP contribution < -0.4 is 5.32 Å². The first kappa shape index (κ1) is 24.1. The van der Waals surface area contributed by atoms with E-state index in [1.54, 1.807) is 4.90 Å². The summed E-state index contributed by atoms with van der Waals surface area (Å²) in [4.78, 5) is 27.5. The van der Waals surface area contributed by atoms with Crippen LogP contribution in [0.2, 0.25) is 0 Å². The van der Waals surface area contributed by atoms with E-state index in [-0.39, 0.29) is 11.8 Å². The molecule has 0 aliphatic rings. The molecule has 0 aliphatic carbocycles. The van der Waals surface area contributed by atoms with Crippen molar-refractivity contribution in [2.45, 2.75) is 65.5 Å². The Morgan fingerprint density at radius 1 is 0.967 bits per heavy atom. The minimum Gasteiger partial charge on any atom is -0.354 e. The zero-order valence-electron chi connectivity index (χ0n) is 18.3. The molecular weight excluding hydrogens is 440 g/mol. The number of amides is 2. The first-order chi connectivity index (χ1) is 14.4. The fourth-order valence-corrected chi connectivity index (χ4v) is 3.51. The van der Waals surface area contributed by atoms with Crippen molar-refractivity contribution in [3.05, 3.63) is 69.7 Å². The maximum atomic E-state index is 13.1. The van der Waals surface area contributed by atoms with Gasteiger partial charge in [0.15, 0.2) is 0 Å². The second kappa shape index (κ2) is 12.5. The molecule has 0 aliphatic heterocycles. The van der Waals surface area contributed by atoms with E-state index in [2.05, 4.69) is 59.4 Å². The molecule has 0 bridgehead atoms. The summed E-state index contributed by atoms with van der Waals surface area (Å²) < 4.78 is 0.991. The topological polar surface area (TPSA) is 49.4 Å². The third-order valence-electron chi connectivity index (χ3n) is 5.32. The molecule has 0 heterocycles. The fraction of sp³-hybridized carbons (Fsp3) is 0.440. The first-order valence-corrected chi connectivity index (χ1v) is 11.6. The highest BCUT2D eigenvalue weighted by Crippen LogP contribution is 2.16. The SMILES string of the molecule is CCCCNC(=O)C(C)N(Cc1ccc(Br)cc1)C(=O)CCc1ccc(CC)cc1. The van der Waals surface area contributed by atoms with Gasteiger partial charge in [-0.1, -0.05) is 72.6 Å². The number of carbonyl (C=O) groups excluding carboxylic acids is 2. The predicted molar refractivity (Wildman–Crippen MR) is 126 cm³/mol. The minimum absolute atomic E-state index is 0.00405. The van der Waals surface area contributed by atoms with Gasteiger partial charge in [-0.25, -0.2) is 0 Å². The molecule has 1 unspecified atom stereocenters. The fourth-order valence-electron chi connectivity index (χ4n) is 3.24. The van der Waals surface area contributed by atoms with Gasteiger partial charge in [0.05, 0.1) is 0 Å². The van der Waals surface area contributed by atoms with Gasteiger partial charge in [-0.2, -0.15) is 0 Å². The van der Waals surface area contributed by atoms with Crippen LogP contribution in [-0.2, 0) is 29.0 Å². The average Bonchev–Trinajstić information content (AvgIpc) is 2.77. The summed E-state index contributed by atoms with van der Waals surface area (Å²) in [7, 11) is 0. The molecule has 2 rings (SSSR count). The molecule has 1 N–H and O–H groups in total. The maximum absolute atomic E-state index is 13.1. The molecule has 162 valence electrons. The van der Waals surface area contributed by atoms with Crippen LogP contribution in [-0.4, -0.2) is 29.3 Å². The Bertz CT molecular complexity index is 803. The minimum atomic E-state index is -0.513. The Morgan fingerprint density at radius 3 is 2.17 bits per heavy atom. The molecular formula is C25H33BrN2O2. The number of hydrogen-bond acceptors (Lipinski definition) is 2. The number of hydrogen-bond donors (Lipinski definition) is 1. The molecule has 5 heteroatoms. The Balaban J connectivity index is 2.08. The lowest BCUT2D eigenvalue weighted by Gasteiger charge is -2.29. The summed E-state index contributed by atoms with van der Waals surface area (Å²) in [5, 5.41) is 2.96. The van der Waals surface area contributed by atoms with E-state index in [0.29, 0.717) is 25.9 Å². The molecule has 0 spiro atoms. The third kappa shape index (κ3) is 7.60. The van der Waals surface area contributed by atoms with Crippen molar-refractivity contribution in [2.75, 3.05) is 6.54 Å². The van der Waals surface area contributed by atoms with E-state index in [0.717, 1.165) is 34.9 Å². The number of benzene rings is 2. The highest BCUT2D eigenvalue weighted by atomic mass is 79.9. The largest absolute Gasteiger partial charge is 0.354 e. The van der Waals surface area contributed by atoms with Crippen LogP contribution in [0.25, 0.3) is 0 Å². The van der Waals surface area contributed by atoms with Gasteiger partial charge in [-0.15, -0.1) is 0 Å². The van der Waals surface area contributed by atoms with E-state index >= 15 is 0 Å². The van der Waals surface area contributed by atoms with Crippen LogP contribution in [0.1, 0.15) is 56.7 Å². The summed E-state index contributed by atoms with van der Waals surface area (Å²) >= 11 is 3.44. The van der Waals surface area contributed by atoms with E-state index < -0.39 is 6.04 Å². The smallest absolute Gasteiger partial charge is 0.242 e. The predicted octanol–water partition coefficient (Wildman–Crippen LogP) is 5.28. The number of halogens is 1. The highest BCUT2D eigenvalue weighted by Gasteiger charge is 2.25. The van der Waals surface area contributed by atoms with E-state index in [1.165, 1.54) is 5.56 Å². The van der Waals surface area contributed by atoms with Gasteiger partial charge in [0.25, 0.3) is 0 Å². The van der Waals surface area contributed by atoms with Crippen molar-refractivity contribution in [1.82, 2.24) is 10.2 Å². The maximum Gasteiger partial charge on any atom is 0.242 e. The molecule has 0 radical (unpaired) electrons. The van der Waals surface area contributed by atoms with Crippen LogP contribution in [0, 0.1) is 0 Å². The zero-order chi connectivity index (χ0) is 21.9. The van der Waals surface area contributed by atoms with Crippen molar-refractivity contribution in [3.63, 3.8) is 0 Å². The summed E-state index contributed by atoms with van der Waals surface area (Å²) in [6.45, 7) is 7.10. The second-order valence-electron chi connectivity index (χ2n) is 7.64. The van der Waals surface area contributed by atoms with E-state index in [9.17, 15) is 9.59 Å². The Hall–Kier alpha value is -2.14. The van der Waals surface area contributed by atoms with Gasteiger partial charge in [0.2, 0.25) is 11.8 Å². The number of nitrogens with zero attached hydrogens (tertiary/aromatic N) is 1. The quantitative estimate of drug-likeness (QED) is 0.452. The second-order valence-corrected chi connectivity index (χ2v) is 8.55. The molecule has 0 saturated heterocycles. The average molecular weight is 473 g/mol. The first-order valence-electron chi connectivity index (χ1n) is 10.8. The van der Waals surface area contributed by atoms with E-state index in [1.807, 2.05) is 31.2 Å². The van der Waals surface area contributed by atoms with Crippen LogP contribution in [0.5, 0.6) is 0 Å². The van der Waals surface area contributed by atoms with Crippen molar-refractivity contribution in [2.24, 2.45) is 0 Å². The standard InChI is InChI=1S/C25H33BrN2O2/c1-4-6-17-27-25(30)19(3)28(18-22-11-14-23(26)15-12-22)24(29)16-13-21-9-7-20(5-2)8-10-21/h7-12,14-15,19H,4-6,13,16-18H2,1-3H3,(H,27,30). The molecule has 0 saturated carbocycles. The third-order valence-corrected chi connectivity index (χ3v) is 5.85. The molecule has 1 atom stereocenters. The number of rotatable bonds is 11. The van der Waals surface area contributed by atoms with Crippen molar-refractivity contribution in [3.8, 4) is 0 Å². The molecule has 0 fully saturated rings. The van der Waals surface area contributed by atoms with Gasteiger partial charge in [-0.05, 0) is 55.0 Å². The summed E-state index contributed by atoms with van der Waals surface area (Å²) in [5.74, 6) is -0.100. The Morgan fingerprint density at radius 2 is 1.57 bits per heavy atom. The Labute approximate surface area is 189 Å². The van der Waals surface area contributed by atoms with E-state index in [4.69, 9.17) is 0 Å². The lowest BCUT2D eigenvalue weighted by atomic mass is 10.0.